The van der Waals surface area contributed by atoms with Crippen molar-refractivity contribution in [3.05, 3.63) is 40.7 Å². The molecular weight excluding hydrogens is 549 g/mol. The minimum atomic E-state index is -0.0335. The molecule has 0 N–H and O–H groups in total. The lowest BCUT2D eigenvalue weighted by Crippen LogP contribution is -2.53. The van der Waals surface area contributed by atoms with Crippen LogP contribution in [0.1, 0.15) is 97.5 Å². The van der Waals surface area contributed by atoms with E-state index in [1.165, 1.54) is 25.7 Å². The largest absolute Gasteiger partial charge is 0.343 e. The molecule has 10 nitrogen and oxygen atoms in total. The third kappa shape index (κ3) is 5.16. The van der Waals surface area contributed by atoms with Gasteiger partial charge < -0.3 is 9.80 Å². The molecule has 3 aromatic rings. The van der Waals surface area contributed by atoms with Crippen LogP contribution in [0.25, 0.3) is 5.69 Å². The number of halogens is 2. The van der Waals surface area contributed by atoms with Gasteiger partial charge in [-0.15, -0.1) is 10.2 Å². The van der Waals surface area contributed by atoms with Crippen LogP contribution in [0.2, 0.25) is 10.6 Å². The standard InChI is InChI=1S/C13H15ClN6.C13H16ClN3O.2CH4/c1-2-9-12-18-16-7-19(12)10-6-15-13(14)17-11(10)20(9)8-4-3-5-8;1-2-10-11(18)6-8-7-15-13(14)16-12(8)17(10)9-4-3-5-9;;/h6-9H,2-5H2,1H3;7,9-10H,2-6H2,1H3;2*1H4/t9-;10-;;/m11../s1. The number of nitrogens with zero attached hydrogens (tertiary/aromatic N) is 9. The van der Waals surface area contributed by atoms with Crippen molar-refractivity contribution >= 4 is 40.6 Å². The van der Waals surface area contributed by atoms with Crippen LogP contribution in [0.5, 0.6) is 0 Å². The SMILES string of the molecule is C.C.CC[C@@H]1C(=O)Cc2cnc(Cl)nc2N1C1CCC1.CC[C@@H]1c2nncn2-c2cnc(Cl)nc2N1C1CCC1. The number of rotatable bonds is 4. The second kappa shape index (κ2) is 12.3. The molecular formula is C28H39Cl2N9O. The summed E-state index contributed by atoms with van der Waals surface area (Å²) in [6.07, 6.45) is 14.6. The Morgan fingerprint density at radius 1 is 0.850 bits per heavy atom. The Kier molecular flexibility index (Phi) is 9.29. The number of hydrogen-bond acceptors (Lipinski definition) is 9. The molecule has 40 heavy (non-hydrogen) atoms. The number of carbonyl (C=O) groups excluding carboxylic acids is 1. The van der Waals surface area contributed by atoms with Crippen LogP contribution < -0.4 is 9.80 Å². The molecule has 2 saturated carbocycles. The fraction of sp³-hybridized carbons (Fsp3) is 0.607. The lowest BCUT2D eigenvalue weighted by Gasteiger charge is -2.45. The Morgan fingerprint density at radius 3 is 2.00 bits per heavy atom. The molecule has 0 aromatic carbocycles. The second-order valence-electron chi connectivity index (χ2n) is 10.4. The van der Waals surface area contributed by atoms with Gasteiger partial charge >= 0.3 is 0 Å². The monoisotopic (exact) mass is 587 g/mol. The van der Waals surface area contributed by atoms with Crippen LogP contribution in [0.3, 0.4) is 0 Å². The van der Waals surface area contributed by atoms with E-state index in [-0.39, 0.29) is 38.0 Å². The summed E-state index contributed by atoms with van der Waals surface area (Å²) >= 11 is 11.9. The van der Waals surface area contributed by atoms with Crippen molar-refractivity contribution < 1.29 is 4.79 Å². The molecule has 0 bridgehead atoms. The third-order valence-electron chi connectivity index (χ3n) is 8.27. The van der Waals surface area contributed by atoms with Gasteiger partial charge in [0.05, 0.1) is 18.3 Å². The first-order chi connectivity index (χ1) is 18.5. The second-order valence-corrected chi connectivity index (χ2v) is 11.0. The van der Waals surface area contributed by atoms with Gasteiger partial charge in [0.15, 0.2) is 17.4 Å². The van der Waals surface area contributed by atoms with Crippen LogP contribution in [-0.2, 0) is 11.2 Å². The van der Waals surface area contributed by atoms with Crippen LogP contribution in [0.4, 0.5) is 11.6 Å². The Balaban J connectivity index is 0.000000177. The number of anilines is 2. The number of aromatic nitrogens is 7. The van der Waals surface area contributed by atoms with Crippen LogP contribution in [0, 0.1) is 0 Å². The molecule has 2 atom stereocenters. The summed E-state index contributed by atoms with van der Waals surface area (Å²) in [5.74, 6) is 3.04. The van der Waals surface area contributed by atoms with Gasteiger partial charge in [0.2, 0.25) is 10.6 Å². The van der Waals surface area contributed by atoms with Gasteiger partial charge in [-0.25, -0.2) is 15.0 Å². The first-order valence-electron chi connectivity index (χ1n) is 13.5. The van der Waals surface area contributed by atoms with Crippen molar-refractivity contribution in [3.63, 3.8) is 0 Å². The minimum Gasteiger partial charge on any atom is -0.343 e. The summed E-state index contributed by atoms with van der Waals surface area (Å²) in [7, 11) is 0. The normalized spacial score (nSPS) is 21.4. The summed E-state index contributed by atoms with van der Waals surface area (Å²) in [6, 6.07) is 1.15. The van der Waals surface area contributed by atoms with Gasteiger partial charge in [0, 0.05) is 30.3 Å². The first kappa shape index (κ1) is 30.1. The van der Waals surface area contributed by atoms with E-state index in [4.69, 9.17) is 23.2 Å². The van der Waals surface area contributed by atoms with Gasteiger partial charge in [0.1, 0.15) is 17.8 Å². The van der Waals surface area contributed by atoms with Gasteiger partial charge in [-0.1, -0.05) is 28.7 Å². The zero-order chi connectivity index (χ0) is 26.4. The van der Waals surface area contributed by atoms with Crippen LogP contribution in [0.15, 0.2) is 18.7 Å². The average Bonchev–Trinajstić information content (AvgIpc) is 3.33. The molecule has 5 heterocycles. The zero-order valence-corrected chi connectivity index (χ0v) is 23.1. The van der Waals surface area contributed by atoms with E-state index in [2.05, 4.69) is 53.8 Å². The maximum atomic E-state index is 12.2. The molecule has 0 spiro atoms. The Hall–Kier alpha value is -2.85. The van der Waals surface area contributed by atoms with E-state index in [1.54, 1.807) is 18.7 Å². The lowest BCUT2D eigenvalue weighted by atomic mass is 9.86. The van der Waals surface area contributed by atoms with Crippen LogP contribution in [-0.4, -0.2) is 58.6 Å². The van der Waals surface area contributed by atoms with Crippen molar-refractivity contribution in [3.8, 4) is 5.69 Å². The molecule has 7 rings (SSSR count). The molecule has 12 heteroatoms. The number of Topliss-reactive ketones (excluding diaryl/α,β-unsaturated/α-hetero) is 1. The highest BCUT2D eigenvalue weighted by Gasteiger charge is 2.40. The Morgan fingerprint density at radius 2 is 1.43 bits per heavy atom. The minimum absolute atomic E-state index is 0. The Bertz CT molecular complexity index is 1340. The van der Waals surface area contributed by atoms with E-state index in [9.17, 15) is 4.79 Å². The first-order valence-corrected chi connectivity index (χ1v) is 14.3. The summed E-state index contributed by atoms with van der Waals surface area (Å²) in [4.78, 5) is 33.7. The highest BCUT2D eigenvalue weighted by atomic mass is 35.5. The Labute approximate surface area is 246 Å². The molecule has 0 radical (unpaired) electrons. The summed E-state index contributed by atoms with van der Waals surface area (Å²) < 4.78 is 1.98. The number of ketones is 1. The quantitative estimate of drug-likeness (QED) is 0.330. The molecule has 0 amide bonds. The third-order valence-corrected chi connectivity index (χ3v) is 8.64. The average molecular weight is 589 g/mol. The molecule has 4 aliphatic rings. The van der Waals surface area contributed by atoms with E-state index in [0.717, 1.165) is 54.4 Å². The van der Waals surface area contributed by atoms with Gasteiger partial charge in [-0.05, 0) is 74.6 Å². The molecule has 3 aromatic heterocycles. The molecule has 2 aliphatic heterocycles. The number of hydrogen-bond donors (Lipinski definition) is 0. The number of carbonyl (C=O) groups is 1. The van der Waals surface area contributed by atoms with Crippen molar-refractivity contribution in [1.29, 1.82) is 0 Å². The molecule has 0 saturated heterocycles. The van der Waals surface area contributed by atoms with Crippen molar-refractivity contribution in [2.75, 3.05) is 9.80 Å². The molecule has 2 aliphatic carbocycles. The summed E-state index contributed by atoms with van der Waals surface area (Å²) in [5.41, 5.74) is 1.84. The topological polar surface area (TPSA) is 106 Å². The van der Waals surface area contributed by atoms with Crippen LogP contribution >= 0.6 is 23.2 Å². The summed E-state index contributed by atoms with van der Waals surface area (Å²) in [6.45, 7) is 4.23. The summed E-state index contributed by atoms with van der Waals surface area (Å²) in [5, 5.41) is 8.92. The highest BCUT2D eigenvalue weighted by molar-refractivity contribution is 6.28. The van der Waals surface area contributed by atoms with E-state index >= 15 is 0 Å². The van der Waals surface area contributed by atoms with E-state index in [1.807, 2.05) is 4.57 Å². The maximum absolute atomic E-state index is 12.2. The molecule has 216 valence electrons. The van der Waals surface area contributed by atoms with E-state index in [0.29, 0.717) is 23.8 Å². The lowest BCUT2D eigenvalue weighted by molar-refractivity contribution is -0.120. The number of fused-ring (bicyclic) bond motifs is 4. The zero-order valence-electron chi connectivity index (χ0n) is 21.6. The predicted octanol–water partition coefficient (Wildman–Crippen LogP) is 6.20. The maximum Gasteiger partial charge on any atom is 0.224 e. The fourth-order valence-electron chi connectivity index (χ4n) is 5.96. The predicted molar refractivity (Wildman–Crippen MR) is 159 cm³/mol. The van der Waals surface area contributed by atoms with Crippen molar-refractivity contribution in [2.24, 2.45) is 0 Å². The van der Waals surface area contributed by atoms with Crippen molar-refractivity contribution in [1.82, 2.24) is 34.7 Å². The fourth-order valence-corrected chi connectivity index (χ4v) is 6.21. The smallest absolute Gasteiger partial charge is 0.224 e. The molecule has 0 unspecified atom stereocenters. The van der Waals surface area contributed by atoms with Gasteiger partial charge in [-0.3, -0.25) is 9.36 Å². The molecule has 2 fully saturated rings. The highest BCUT2D eigenvalue weighted by Crippen LogP contribution is 2.43. The van der Waals surface area contributed by atoms with Crippen molar-refractivity contribution in [2.45, 2.75) is 111 Å². The van der Waals surface area contributed by atoms with Gasteiger partial charge in [0.25, 0.3) is 0 Å². The van der Waals surface area contributed by atoms with E-state index < -0.39 is 0 Å². The van der Waals surface area contributed by atoms with Gasteiger partial charge in [-0.2, -0.15) is 4.98 Å².